The average Bonchev–Trinajstić information content (AvgIpc) is 3.84. The van der Waals surface area contributed by atoms with Crippen LogP contribution in [0.3, 0.4) is 0 Å². The van der Waals surface area contributed by atoms with E-state index in [0.29, 0.717) is 76.3 Å². The molecule has 11 rings (SSSR count). The van der Waals surface area contributed by atoms with Gasteiger partial charge in [0.05, 0.1) is 6.04 Å². The summed E-state index contributed by atoms with van der Waals surface area (Å²) < 4.78 is 7.39. The van der Waals surface area contributed by atoms with Gasteiger partial charge in [-0.25, -0.2) is 0 Å². The van der Waals surface area contributed by atoms with E-state index in [2.05, 4.69) is 139 Å². The molecule has 0 radical (unpaired) electrons. The standard InChI is InChI=1S/C69H109N3O/c1-65(2,3)49-28-34-52(35-29-49)70(53-36-30-50(31-37-53)66(4,5)6)55-44-56(71(54-38-32-51(33-39-54)67(7,8)9)62-25-20-24-59-58-23-16-17-26-63(58)73-64(59)62)46-57(45-55)72-61-40-27-48(47-21-14-12-15-22-47)43-60(61)69(68(72,10)11)41-18-13-19-42-69/h17,26-28,32,34,38,46-47,49-55,57-58,60-63H,12-16,18-25,29-31,33,35-37,39-45H2,1-11H3. The van der Waals surface area contributed by atoms with Crippen molar-refractivity contribution in [3.8, 4) is 0 Å². The van der Waals surface area contributed by atoms with Crippen LogP contribution in [0.15, 0.2) is 71.2 Å². The first-order valence-corrected chi connectivity index (χ1v) is 32.0. The molecule has 406 valence electrons. The Kier molecular flexibility index (Phi) is 15.0. The molecule has 3 saturated carbocycles. The highest BCUT2D eigenvalue weighted by atomic mass is 16.5. The van der Waals surface area contributed by atoms with Gasteiger partial charge < -0.3 is 9.64 Å². The number of allylic oxidation sites excluding steroid dienone is 4. The zero-order valence-electron chi connectivity index (χ0n) is 49.0. The van der Waals surface area contributed by atoms with Gasteiger partial charge in [0.25, 0.3) is 0 Å². The van der Waals surface area contributed by atoms with Gasteiger partial charge in [-0.3, -0.25) is 9.80 Å². The lowest BCUT2D eigenvalue weighted by Gasteiger charge is -2.55. The third kappa shape index (κ3) is 10.1. The average molecular weight is 997 g/mol. The second-order valence-corrected chi connectivity index (χ2v) is 31.0. The second kappa shape index (κ2) is 20.6. The molecule has 2 heterocycles. The van der Waals surface area contributed by atoms with Gasteiger partial charge in [0.15, 0.2) is 0 Å². The monoisotopic (exact) mass is 996 g/mol. The Balaban J connectivity index is 1.05. The summed E-state index contributed by atoms with van der Waals surface area (Å²) in [5.74, 6) is 5.74. The highest BCUT2D eigenvalue weighted by Crippen LogP contribution is 2.65. The van der Waals surface area contributed by atoms with E-state index in [-0.39, 0.29) is 17.1 Å². The predicted octanol–water partition coefficient (Wildman–Crippen LogP) is 17.9. The van der Waals surface area contributed by atoms with Crippen molar-refractivity contribution in [1.82, 2.24) is 14.7 Å². The van der Waals surface area contributed by atoms with Crippen molar-refractivity contribution in [2.45, 2.75) is 303 Å². The van der Waals surface area contributed by atoms with E-state index < -0.39 is 0 Å². The molecule has 73 heavy (non-hydrogen) atoms. The van der Waals surface area contributed by atoms with Crippen molar-refractivity contribution in [2.24, 2.45) is 57.2 Å². The van der Waals surface area contributed by atoms with Crippen molar-refractivity contribution < 1.29 is 4.74 Å². The molecule has 4 nitrogen and oxygen atoms in total. The minimum Gasteiger partial charge on any atom is -0.488 e. The van der Waals surface area contributed by atoms with Gasteiger partial charge in [0.1, 0.15) is 11.9 Å². The summed E-state index contributed by atoms with van der Waals surface area (Å²) >= 11 is 0. The first-order chi connectivity index (χ1) is 34.8. The van der Waals surface area contributed by atoms with E-state index in [1.165, 1.54) is 179 Å². The highest BCUT2D eigenvalue weighted by Gasteiger charge is 2.65. The summed E-state index contributed by atoms with van der Waals surface area (Å²) in [4.78, 5) is 9.74. The van der Waals surface area contributed by atoms with Gasteiger partial charge in [-0.1, -0.05) is 143 Å². The van der Waals surface area contributed by atoms with Crippen molar-refractivity contribution in [3.63, 3.8) is 0 Å². The van der Waals surface area contributed by atoms with E-state index in [4.69, 9.17) is 4.74 Å². The molecule has 2 aliphatic heterocycles. The summed E-state index contributed by atoms with van der Waals surface area (Å²) in [6.45, 7) is 28.1. The Hall–Kier alpha value is -2.04. The number of hydrogen-bond donors (Lipinski definition) is 0. The van der Waals surface area contributed by atoms with Gasteiger partial charge >= 0.3 is 0 Å². The van der Waals surface area contributed by atoms with E-state index in [9.17, 15) is 0 Å². The third-order valence-corrected chi connectivity index (χ3v) is 23.7. The maximum absolute atomic E-state index is 7.39. The number of likely N-dealkylation sites (tertiary alicyclic amines) is 1. The molecule has 1 saturated heterocycles. The summed E-state index contributed by atoms with van der Waals surface area (Å²) in [5.41, 5.74) is 6.81. The zero-order chi connectivity index (χ0) is 51.1. The van der Waals surface area contributed by atoms with Gasteiger partial charge in [0, 0.05) is 59.8 Å². The minimum absolute atomic E-state index is 0.139. The number of ether oxygens (including phenoxy) is 1. The lowest BCUT2D eigenvalue weighted by molar-refractivity contribution is -0.0209. The van der Waals surface area contributed by atoms with Gasteiger partial charge in [0.2, 0.25) is 0 Å². The summed E-state index contributed by atoms with van der Waals surface area (Å²) in [6.07, 6.45) is 58.3. The lowest BCUT2D eigenvalue weighted by Crippen LogP contribution is -2.60. The van der Waals surface area contributed by atoms with E-state index in [0.717, 1.165) is 17.8 Å². The number of fused-ring (bicyclic) bond motifs is 4. The van der Waals surface area contributed by atoms with E-state index in [1.54, 1.807) is 11.3 Å². The second-order valence-electron chi connectivity index (χ2n) is 31.0. The Bertz CT molecular complexity index is 2130. The molecular weight excluding hydrogens is 887 g/mol. The fourth-order valence-corrected chi connectivity index (χ4v) is 19.6. The summed E-state index contributed by atoms with van der Waals surface area (Å²) in [5, 5.41) is 0. The van der Waals surface area contributed by atoms with Crippen LogP contribution in [0.1, 0.15) is 250 Å². The van der Waals surface area contributed by atoms with Crippen LogP contribution in [0.4, 0.5) is 0 Å². The molecule has 11 unspecified atom stereocenters. The number of rotatable bonds is 8. The van der Waals surface area contributed by atoms with Crippen molar-refractivity contribution in [1.29, 1.82) is 0 Å². The Morgan fingerprint density at radius 1 is 0.630 bits per heavy atom. The summed E-state index contributed by atoms with van der Waals surface area (Å²) in [6, 6.07) is 3.47. The molecule has 11 atom stereocenters. The van der Waals surface area contributed by atoms with Crippen LogP contribution in [0.25, 0.3) is 0 Å². The molecule has 1 spiro atoms. The van der Waals surface area contributed by atoms with Crippen LogP contribution in [0.5, 0.6) is 0 Å². The van der Waals surface area contributed by atoms with Gasteiger partial charge in [-0.2, -0.15) is 0 Å². The molecule has 4 fully saturated rings. The Morgan fingerprint density at radius 2 is 1.30 bits per heavy atom. The Labute approximate surface area is 449 Å². The molecule has 0 aromatic heterocycles. The normalized spacial score (nSPS) is 39.2. The smallest absolute Gasteiger partial charge is 0.123 e. The van der Waals surface area contributed by atoms with E-state index in [1.807, 2.05) is 5.57 Å². The van der Waals surface area contributed by atoms with Gasteiger partial charge in [-0.05, 0) is 211 Å². The predicted molar refractivity (Wildman–Crippen MR) is 308 cm³/mol. The topological polar surface area (TPSA) is 19.0 Å². The quantitative estimate of drug-likeness (QED) is 0.226. The molecular formula is C69H109N3O. The Morgan fingerprint density at radius 3 is 1.95 bits per heavy atom. The summed E-state index contributed by atoms with van der Waals surface area (Å²) in [7, 11) is 0. The molecule has 11 aliphatic rings. The first-order valence-electron chi connectivity index (χ1n) is 32.0. The molecule has 0 bridgehead atoms. The van der Waals surface area contributed by atoms with Crippen LogP contribution >= 0.6 is 0 Å². The van der Waals surface area contributed by atoms with Crippen LogP contribution in [0.2, 0.25) is 0 Å². The van der Waals surface area contributed by atoms with Crippen molar-refractivity contribution >= 4 is 0 Å². The van der Waals surface area contributed by atoms with Crippen molar-refractivity contribution in [3.05, 3.63) is 71.2 Å². The van der Waals surface area contributed by atoms with E-state index >= 15 is 0 Å². The maximum Gasteiger partial charge on any atom is 0.123 e. The molecule has 0 amide bonds. The fourth-order valence-electron chi connectivity index (χ4n) is 19.6. The number of hydrogen-bond acceptors (Lipinski definition) is 4. The molecule has 0 aromatic rings. The highest BCUT2D eigenvalue weighted by molar-refractivity contribution is 5.34. The molecule has 0 N–H and O–H groups in total. The minimum atomic E-state index is 0.139. The molecule has 9 aliphatic carbocycles. The van der Waals surface area contributed by atoms with Crippen LogP contribution < -0.4 is 0 Å². The third-order valence-electron chi connectivity index (χ3n) is 23.7. The maximum atomic E-state index is 7.39. The van der Waals surface area contributed by atoms with Gasteiger partial charge in [-0.15, -0.1) is 0 Å². The molecule has 4 heteroatoms. The van der Waals surface area contributed by atoms with Crippen molar-refractivity contribution in [2.75, 3.05) is 0 Å². The SMILES string of the molecule is CC(C)(C)C1C=CC(N(C2=CC(N3C4CC=C(C5CCCCC5)CC4C4(CCCCC4)C3(C)C)CC(N(C3C=CC(C(C)(C)C)CC3)C3CCC(C(C)(C)C)CC3)C2)C2CCCC3=C2OC2C=CCCC32)CC1. The zero-order valence-corrected chi connectivity index (χ0v) is 49.0. The van der Waals surface area contributed by atoms with Crippen LogP contribution in [0, 0.1) is 57.2 Å². The molecule has 0 aromatic carbocycles. The lowest BCUT2D eigenvalue weighted by atomic mass is 9.55. The van der Waals surface area contributed by atoms with Crippen LogP contribution in [-0.2, 0) is 4.74 Å². The number of nitrogens with zero attached hydrogens (tertiary/aromatic N) is 3. The fraction of sp³-hybridized carbons (Fsp3) is 0.826. The largest absolute Gasteiger partial charge is 0.488 e. The van der Waals surface area contributed by atoms with Crippen LogP contribution in [-0.4, -0.2) is 68.6 Å². The first kappa shape index (κ1) is 53.0.